The summed E-state index contributed by atoms with van der Waals surface area (Å²) >= 11 is 0. The van der Waals surface area contributed by atoms with Crippen LogP contribution in [-0.4, -0.2) is 25.0 Å². The van der Waals surface area contributed by atoms with Gasteiger partial charge < -0.3 is 19.5 Å². The fourth-order valence-corrected chi connectivity index (χ4v) is 3.35. The van der Waals surface area contributed by atoms with Gasteiger partial charge in [-0.15, -0.1) is 0 Å². The topological polar surface area (TPSA) is 47.8 Å². The zero-order valence-corrected chi connectivity index (χ0v) is 17.1. The Morgan fingerprint density at radius 1 is 0.964 bits per heavy atom. The number of rotatable bonds is 7. The molecule has 1 heterocycles. The summed E-state index contributed by atoms with van der Waals surface area (Å²) in [7, 11) is 3.27. The summed E-state index contributed by atoms with van der Waals surface area (Å²) in [6.45, 7) is 6.98. The molecule has 5 heteroatoms. The average molecular weight is 377 g/mol. The van der Waals surface area contributed by atoms with Crippen molar-refractivity contribution in [2.45, 2.75) is 27.3 Å². The number of hydrogen-bond acceptors (Lipinski definition) is 4. The Balaban J connectivity index is 1.72. The number of ether oxygens (including phenoxy) is 2. The third-order valence-corrected chi connectivity index (χ3v) is 4.85. The Morgan fingerprint density at radius 2 is 1.71 bits per heavy atom. The van der Waals surface area contributed by atoms with E-state index in [2.05, 4.69) is 66.2 Å². The molecule has 0 atom stereocenters. The van der Waals surface area contributed by atoms with Crippen LogP contribution in [0.15, 0.2) is 53.6 Å². The molecule has 3 rings (SSSR count). The fourth-order valence-electron chi connectivity index (χ4n) is 3.35. The maximum Gasteiger partial charge on any atom is 0.161 e. The molecule has 28 heavy (non-hydrogen) atoms. The van der Waals surface area contributed by atoms with Crippen LogP contribution in [0.1, 0.15) is 28.1 Å². The first kappa shape index (κ1) is 19.5. The molecular formula is C23H27N3O2. The largest absolute Gasteiger partial charge is 0.493 e. The van der Waals surface area contributed by atoms with Crippen molar-refractivity contribution in [1.29, 1.82) is 0 Å². The number of para-hydroxylation sites is 1. The second-order valence-corrected chi connectivity index (χ2v) is 6.73. The van der Waals surface area contributed by atoms with Gasteiger partial charge in [-0.05, 0) is 56.2 Å². The number of aromatic nitrogens is 1. The Kier molecular flexibility index (Phi) is 6.04. The SMILES string of the molecule is COc1ccc(CN/N=C\c2cc(C)n(-c3ccccc3C)c2C)cc1OC. The summed E-state index contributed by atoms with van der Waals surface area (Å²) in [5, 5.41) is 4.41. The maximum atomic E-state index is 5.34. The minimum Gasteiger partial charge on any atom is -0.493 e. The lowest BCUT2D eigenvalue weighted by Gasteiger charge is -2.12. The second-order valence-electron chi connectivity index (χ2n) is 6.73. The molecule has 0 bridgehead atoms. The van der Waals surface area contributed by atoms with Gasteiger partial charge in [-0.2, -0.15) is 5.10 Å². The lowest BCUT2D eigenvalue weighted by molar-refractivity contribution is 0.354. The number of methoxy groups -OCH3 is 2. The van der Waals surface area contributed by atoms with E-state index in [0.29, 0.717) is 12.3 Å². The van der Waals surface area contributed by atoms with E-state index in [1.807, 2.05) is 24.4 Å². The van der Waals surface area contributed by atoms with E-state index in [4.69, 9.17) is 9.47 Å². The van der Waals surface area contributed by atoms with E-state index in [-0.39, 0.29) is 0 Å². The number of aryl methyl sites for hydroxylation is 2. The molecule has 0 aliphatic heterocycles. The van der Waals surface area contributed by atoms with E-state index < -0.39 is 0 Å². The molecule has 0 saturated heterocycles. The summed E-state index contributed by atoms with van der Waals surface area (Å²) in [6, 6.07) is 16.4. The van der Waals surface area contributed by atoms with E-state index in [1.165, 1.54) is 22.6 Å². The number of nitrogens with one attached hydrogen (secondary N) is 1. The summed E-state index contributed by atoms with van der Waals surface area (Å²) in [6.07, 6.45) is 1.87. The average Bonchev–Trinajstić information content (AvgIpc) is 2.98. The Labute approximate surface area is 166 Å². The number of benzene rings is 2. The third kappa shape index (κ3) is 4.03. The molecule has 2 aromatic carbocycles. The van der Waals surface area contributed by atoms with Crippen molar-refractivity contribution in [3.8, 4) is 17.2 Å². The molecule has 0 amide bonds. The number of hydrazone groups is 1. The van der Waals surface area contributed by atoms with Gasteiger partial charge in [0.15, 0.2) is 11.5 Å². The fraction of sp³-hybridized carbons (Fsp3) is 0.261. The molecule has 146 valence electrons. The highest BCUT2D eigenvalue weighted by molar-refractivity contribution is 5.82. The van der Waals surface area contributed by atoms with Crippen LogP contribution < -0.4 is 14.9 Å². The predicted molar refractivity (Wildman–Crippen MR) is 114 cm³/mol. The van der Waals surface area contributed by atoms with Crippen molar-refractivity contribution in [3.63, 3.8) is 0 Å². The summed E-state index contributed by atoms with van der Waals surface area (Å²) < 4.78 is 12.9. The quantitative estimate of drug-likeness (QED) is 0.486. The van der Waals surface area contributed by atoms with Crippen LogP contribution in [0, 0.1) is 20.8 Å². The molecule has 5 nitrogen and oxygen atoms in total. The van der Waals surface area contributed by atoms with Gasteiger partial charge in [0.25, 0.3) is 0 Å². The molecule has 0 fully saturated rings. The van der Waals surface area contributed by atoms with E-state index in [0.717, 1.165) is 16.9 Å². The first-order chi connectivity index (χ1) is 13.5. The van der Waals surface area contributed by atoms with Crippen molar-refractivity contribution in [2.24, 2.45) is 5.10 Å². The van der Waals surface area contributed by atoms with Crippen molar-refractivity contribution in [1.82, 2.24) is 9.99 Å². The van der Waals surface area contributed by atoms with Gasteiger partial charge in [-0.1, -0.05) is 24.3 Å². The van der Waals surface area contributed by atoms with E-state index >= 15 is 0 Å². The van der Waals surface area contributed by atoms with Crippen LogP contribution in [-0.2, 0) is 6.54 Å². The van der Waals surface area contributed by atoms with Crippen LogP contribution in [0.5, 0.6) is 11.5 Å². The minimum atomic E-state index is 0.605. The third-order valence-electron chi connectivity index (χ3n) is 4.85. The molecule has 0 spiro atoms. The first-order valence-electron chi connectivity index (χ1n) is 9.27. The first-order valence-corrected chi connectivity index (χ1v) is 9.27. The summed E-state index contributed by atoms with van der Waals surface area (Å²) in [5.74, 6) is 1.44. The van der Waals surface area contributed by atoms with Crippen LogP contribution in [0.2, 0.25) is 0 Å². The van der Waals surface area contributed by atoms with Crippen molar-refractivity contribution < 1.29 is 9.47 Å². The minimum absolute atomic E-state index is 0.605. The standard InChI is InChI=1S/C23H27N3O2/c1-16-8-6-7-9-21(16)26-17(2)12-20(18(26)3)15-25-24-14-19-10-11-22(27-4)23(13-19)28-5/h6-13,15,24H,14H2,1-5H3/b25-15-. The van der Waals surface area contributed by atoms with Crippen molar-refractivity contribution >= 4 is 6.21 Å². The van der Waals surface area contributed by atoms with Gasteiger partial charge in [0.05, 0.1) is 27.0 Å². The molecule has 0 saturated carbocycles. The highest BCUT2D eigenvalue weighted by Crippen LogP contribution is 2.27. The van der Waals surface area contributed by atoms with E-state index in [1.54, 1.807) is 14.2 Å². The molecule has 0 unspecified atom stereocenters. The normalized spacial score (nSPS) is 11.0. The second kappa shape index (κ2) is 8.65. The molecule has 3 aromatic rings. The molecule has 1 N–H and O–H groups in total. The molecule has 0 aliphatic rings. The zero-order valence-electron chi connectivity index (χ0n) is 17.1. The summed E-state index contributed by atoms with van der Waals surface area (Å²) in [5.41, 5.74) is 10.1. The number of hydrogen-bond donors (Lipinski definition) is 1. The zero-order chi connectivity index (χ0) is 20.1. The van der Waals surface area contributed by atoms with Gasteiger partial charge in [0.1, 0.15) is 0 Å². The summed E-state index contributed by atoms with van der Waals surface area (Å²) in [4.78, 5) is 0. The molecule has 0 aliphatic carbocycles. The highest BCUT2D eigenvalue weighted by atomic mass is 16.5. The van der Waals surface area contributed by atoms with Crippen molar-refractivity contribution in [3.05, 3.63) is 76.6 Å². The monoisotopic (exact) mass is 377 g/mol. The maximum absolute atomic E-state index is 5.34. The Hall–Kier alpha value is -3.21. The van der Waals surface area contributed by atoms with Gasteiger partial charge in [0.2, 0.25) is 0 Å². The van der Waals surface area contributed by atoms with Crippen LogP contribution in [0.25, 0.3) is 5.69 Å². The van der Waals surface area contributed by atoms with E-state index in [9.17, 15) is 0 Å². The molecule has 1 aromatic heterocycles. The van der Waals surface area contributed by atoms with Gasteiger partial charge in [-0.3, -0.25) is 0 Å². The molecular weight excluding hydrogens is 350 g/mol. The van der Waals surface area contributed by atoms with Gasteiger partial charge in [-0.25, -0.2) is 0 Å². The van der Waals surface area contributed by atoms with Crippen LogP contribution in [0.4, 0.5) is 0 Å². The molecule has 0 radical (unpaired) electrons. The highest BCUT2D eigenvalue weighted by Gasteiger charge is 2.10. The predicted octanol–water partition coefficient (Wildman–Crippen LogP) is 4.54. The number of nitrogens with zero attached hydrogens (tertiary/aromatic N) is 2. The Bertz CT molecular complexity index is 990. The van der Waals surface area contributed by atoms with Gasteiger partial charge in [0, 0.05) is 22.6 Å². The van der Waals surface area contributed by atoms with Crippen molar-refractivity contribution in [2.75, 3.05) is 14.2 Å². The smallest absolute Gasteiger partial charge is 0.161 e. The van der Waals surface area contributed by atoms with Crippen LogP contribution in [0.3, 0.4) is 0 Å². The van der Waals surface area contributed by atoms with Crippen LogP contribution >= 0.6 is 0 Å². The lowest BCUT2D eigenvalue weighted by Crippen LogP contribution is -2.06. The Morgan fingerprint density at radius 3 is 2.43 bits per heavy atom. The van der Waals surface area contributed by atoms with Gasteiger partial charge >= 0.3 is 0 Å². The lowest BCUT2D eigenvalue weighted by atomic mass is 10.2.